The lowest BCUT2D eigenvalue weighted by Crippen LogP contribution is -2.45. The van der Waals surface area contributed by atoms with Gasteiger partial charge in [-0.05, 0) is 25.8 Å². The SMILES string of the molecule is C[C@](O)(CO)[C@H](O)COP(=O)(O)OP(=O)(O)OC[C@@H]1CC[C@H](n2ccc(N)nc2=O)O1. The zero-order valence-electron chi connectivity index (χ0n) is 16.4. The van der Waals surface area contributed by atoms with Crippen molar-refractivity contribution < 1.29 is 52.3 Å². The van der Waals surface area contributed by atoms with Crippen molar-refractivity contribution in [1.82, 2.24) is 9.55 Å². The summed E-state index contributed by atoms with van der Waals surface area (Å²) in [6, 6.07) is 1.40. The number of hydrogen-bond acceptors (Lipinski definition) is 12. The van der Waals surface area contributed by atoms with Gasteiger partial charge in [0.05, 0.1) is 25.9 Å². The molecule has 2 rings (SSSR count). The second kappa shape index (κ2) is 10.1. The molecule has 2 unspecified atom stereocenters. The Morgan fingerprint density at radius 1 is 1.35 bits per heavy atom. The molecule has 6 atom stereocenters. The number of phosphoric acid groups is 2. The number of hydrogen-bond donors (Lipinski definition) is 6. The Morgan fingerprint density at radius 3 is 2.61 bits per heavy atom. The molecule has 1 aromatic heterocycles. The molecule has 1 aliphatic rings. The lowest BCUT2D eigenvalue weighted by Gasteiger charge is -2.27. The van der Waals surface area contributed by atoms with E-state index in [1.807, 2.05) is 0 Å². The number of anilines is 1. The van der Waals surface area contributed by atoms with Crippen molar-refractivity contribution in [3.63, 3.8) is 0 Å². The van der Waals surface area contributed by atoms with Crippen molar-refractivity contribution in [3.05, 3.63) is 22.7 Å². The highest BCUT2D eigenvalue weighted by atomic mass is 31.3. The maximum atomic E-state index is 11.9. The summed E-state index contributed by atoms with van der Waals surface area (Å²) in [7, 11) is -10.3. The molecule has 2 heterocycles. The van der Waals surface area contributed by atoms with Gasteiger partial charge in [-0.3, -0.25) is 13.6 Å². The van der Waals surface area contributed by atoms with Crippen LogP contribution in [0.5, 0.6) is 0 Å². The quantitative estimate of drug-likeness (QED) is 0.202. The molecule has 7 N–H and O–H groups in total. The van der Waals surface area contributed by atoms with Crippen LogP contribution in [-0.2, 0) is 27.2 Å². The summed E-state index contributed by atoms with van der Waals surface area (Å²) in [4.78, 5) is 34.6. The van der Waals surface area contributed by atoms with Gasteiger partial charge in [-0.25, -0.2) is 13.9 Å². The van der Waals surface area contributed by atoms with E-state index in [9.17, 15) is 33.9 Å². The van der Waals surface area contributed by atoms with E-state index in [-0.39, 0.29) is 5.82 Å². The fourth-order valence-corrected chi connectivity index (χ4v) is 4.57. The Labute approximate surface area is 176 Å². The van der Waals surface area contributed by atoms with Crippen molar-refractivity contribution in [2.24, 2.45) is 0 Å². The first-order chi connectivity index (χ1) is 14.2. The molecule has 0 spiro atoms. The van der Waals surface area contributed by atoms with Crippen molar-refractivity contribution in [1.29, 1.82) is 0 Å². The Bertz CT molecular complexity index is 909. The maximum Gasteiger partial charge on any atom is 0.481 e. The number of aromatic nitrogens is 2. The molecule has 15 nitrogen and oxygen atoms in total. The van der Waals surface area contributed by atoms with Crippen LogP contribution >= 0.6 is 15.6 Å². The molecule has 1 saturated heterocycles. The summed E-state index contributed by atoms with van der Waals surface area (Å²) in [6.07, 6.45) is -1.16. The molecule has 178 valence electrons. The van der Waals surface area contributed by atoms with E-state index in [4.69, 9.17) is 15.6 Å². The molecular weight excluding hydrogens is 464 g/mol. The molecule has 1 aliphatic heterocycles. The summed E-state index contributed by atoms with van der Waals surface area (Å²) >= 11 is 0. The number of phosphoric ester groups is 2. The van der Waals surface area contributed by atoms with E-state index < -0.39 is 65.2 Å². The second-order valence-electron chi connectivity index (χ2n) is 6.97. The Hall–Kier alpha value is -1.22. The molecule has 0 amide bonds. The smallest absolute Gasteiger partial charge is 0.393 e. The molecule has 1 aromatic rings. The van der Waals surface area contributed by atoms with E-state index in [0.717, 1.165) is 6.92 Å². The van der Waals surface area contributed by atoms with Crippen molar-refractivity contribution in [2.75, 3.05) is 25.6 Å². The van der Waals surface area contributed by atoms with Crippen LogP contribution < -0.4 is 11.4 Å². The average molecular weight is 489 g/mol. The standard InChI is InChI=1S/C14H25N3O12P2/c1-14(21,8-18)10(19)7-27-31(24,25)29-30(22,23)26-6-9-2-3-12(28-9)17-5-4-11(15)16-13(17)20/h4-5,9-10,12,18-19,21H,2-3,6-8H2,1H3,(H,22,23)(H,24,25)(H2,15,16,20)/t9-,10+,12+,14-/m0/s1. The zero-order chi connectivity index (χ0) is 23.4. The van der Waals surface area contributed by atoms with Gasteiger partial charge in [0, 0.05) is 6.20 Å². The average Bonchev–Trinajstić information content (AvgIpc) is 3.12. The predicted octanol–water partition coefficient (Wildman–Crippen LogP) is -1.14. The molecule has 0 aromatic carbocycles. The van der Waals surface area contributed by atoms with E-state index in [2.05, 4.69) is 18.3 Å². The number of rotatable bonds is 11. The molecule has 17 heteroatoms. The summed E-state index contributed by atoms with van der Waals surface area (Å²) in [5, 5.41) is 28.1. The highest BCUT2D eigenvalue weighted by molar-refractivity contribution is 7.61. The number of aliphatic hydroxyl groups excluding tert-OH is 2. The van der Waals surface area contributed by atoms with Gasteiger partial charge in [0.2, 0.25) is 0 Å². The number of nitrogens with zero attached hydrogens (tertiary/aromatic N) is 2. The first-order valence-corrected chi connectivity index (χ1v) is 11.9. The summed E-state index contributed by atoms with van der Waals surface area (Å²) in [5.41, 5.74) is 2.74. The molecule has 1 fully saturated rings. The van der Waals surface area contributed by atoms with Crippen LogP contribution in [0.25, 0.3) is 0 Å². The monoisotopic (exact) mass is 489 g/mol. The highest BCUT2D eigenvalue weighted by Crippen LogP contribution is 2.60. The van der Waals surface area contributed by atoms with Gasteiger partial charge in [-0.2, -0.15) is 9.29 Å². The van der Waals surface area contributed by atoms with Gasteiger partial charge in [-0.15, -0.1) is 0 Å². The predicted molar refractivity (Wildman–Crippen MR) is 102 cm³/mol. The minimum Gasteiger partial charge on any atom is -0.393 e. The maximum absolute atomic E-state index is 11.9. The van der Waals surface area contributed by atoms with E-state index in [1.54, 1.807) is 0 Å². The summed E-state index contributed by atoms with van der Waals surface area (Å²) in [6.45, 7) is -1.34. The molecule has 0 saturated carbocycles. The zero-order valence-corrected chi connectivity index (χ0v) is 18.2. The minimum absolute atomic E-state index is 0.0423. The number of nitrogen functional groups attached to an aromatic ring is 1. The van der Waals surface area contributed by atoms with Gasteiger partial charge in [0.1, 0.15) is 23.8 Å². The van der Waals surface area contributed by atoms with Crippen LogP contribution in [-0.4, -0.2) is 72.3 Å². The minimum atomic E-state index is -5.18. The summed E-state index contributed by atoms with van der Waals surface area (Å²) in [5.74, 6) is 0.0423. The van der Waals surface area contributed by atoms with Gasteiger partial charge >= 0.3 is 21.3 Å². The van der Waals surface area contributed by atoms with Gasteiger partial charge in [-0.1, -0.05) is 0 Å². The fraction of sp³-hybridized carbons (Fsp3) is 0.714. The highest BCUT2D eigenvalue weighted by Gasteiger charge is 2.39. The van der Waals surface area contributed by atoms with Crippen molar-refractivity contribution in [3.8, 4) is 0 Å². The topological polar surface area (TPSA) is 233 Å². The second-order valence-corrected chi connectivity index (χ2v) is 10.0. The first-order valence-electron chi connectivity index (χ1n) is 8.92. The van der Waals surface area contributed by atoms with Gasteiger partial charge < -0.3 is 35.6 Å². The van der Waals surface area contributed by atoms with Gasteiger partial charge in [0.25, 0.3) is 0 Å². The van der Waals surface area contributed by atoms with Crippen LogP contribution in [0.1, 0.15) is 26.0 Å². The Morgan fingerprint density at radius 2 is 2.00 bits per heavy atom. The van der Waals surface area contributed by atoms with Crippen LogP contribution in [0.3, 0.4) is 0 Å². The number of aliphatic hydroxyl groups is 3. The van der Waals surface area contributed by atoms with E-state index >= 15 is 0 Å². The van der Waals surface area contributed by atoms with Crippen molar-refractivity contribution >= 4 is 21.5 Å². The van der Waals surface area contributed by atoms with Crippen LogP contribution in [0.2, 0.25) is 0 Å². The van der Waals surface area contributed by atoms with Crippen LogP contribution in [0, 0.1) is 0 Å². The largest absolute Gasteiger partial charge is 0.481 e. The van der Waals surface area contributed by atoms with Crippen LogP contribution in [0.15, 0.2) is 17.1 Å². The number of nitrogens with two attached hydrogens (primary N) is 1. The normalized spacial score (nSPS) is 26.0. The Balaban J connectivity index is 1.85. The molecule has 0 radical (unpaired) electrons. The third-order valence-electron chi connectivity index (χ3n) is 4.31. The third-order valence-corrected chi connectivity index (χ3v) is 6.91. The summed E-state index contributed by atoms with van der Waals surface area (Å²) < 4.78 is 43.6. The lowest BCUT2D eigenvalue weighted by atomic mass is 10.0. The van der Waals surface area contributed by atoms with Crippen molar-refractivity contribution in [2.45, 2.75) is 43.8 Å². The molecule has 0 aliphatic carbocycles. The molecule has 0 bridgehead atoms. The van der Waals surface area contributed by atoms with Gasteiger partial charge in [0.15, 0.2) is 0 Å². The lowest BCUT2D eigenvalue weighted by molar-refractivity contribution is -0.107. The van der Waals surface area contributed by atoms with Crippen LogP contribution in [0.4, 0.5) is 5.82 Å². The van der Waals surface area contributed by atoms with E-state index in [0.29, 0.717) is 12.8 Å². The Kier molecular flexibility index (Phi) is 8.52. The fourth-order valence-electron chi connectivity index (χ4n) is 2.46. The number of ether oxygens (including phenoxy) is 1. The molecular formula is C14H25N3O12P2. The first kappa shape index (κ1) is 26.0. The van der Waals surface area contributed by atoms with E-state index in [1.165, 1.54) is 16.8 Å². The molecule has 31 heavy (non-hydrogen) atoms. The third kappa shape index (κ3) is 7.70.